The van der Waals surface area contributed by atoms with Gasteiger partial charge < -0.3 is 14.8 Å². The predicted octanol–water partition coefficient (Wildman–Crippen LogP) is 3.31. The molecule has 0 saturated heterocycles. The maximum atomic E-state index is 12.7. The molecule has 0 aromatic heterocycles. The fourth-order valence-electron chi connectivity index (χ4n) is 2.49. The van der Waals surface area contributed by atoms with E-state index in [2.05, 4.69) is 5.32 Å². The van der Waals surface area contributed by atoms with Crippen LogP contribution in [-0.2, 0) is 14.8 Å². The zero-order chi connectivity index (χ0) is 20.9. The molecule has 2 aromatic rings. The number of anilines is 1. The average Bonchev–Trinajstić information content (AvgIpc) is 2.63. The number of carbonyl (C=O) groups is 1. The van der Waals surface area contributed by atoms with Gasteiger partial charge in [0.25, 0.3) is 0 Å². The highest BCUT2D eigenvalue weighted by Crippen LogP contribution is 2.29. The molecule has 1 N–H and O–H groups in total. The van der Waals surface area contributed by atoms with Crippen molar-refractivity contribution in [1.29, 1.82) is 0 Å². The van der Waals surface area contributed by atoms with Crippen molar-refractivity contribution in [3.63, 3.8) is 0 Å². The van der Waals surface area contributed by atoms with E-state index < -0.39 is 15.9 Å². The molecule has 0 aliphatic heterocycles. The van der Waals surface area contributed by atoms with Crippen LogP contribution < -0.4 is 14.8 Å². The molecular formula is C19H23ClN2O5S. The molecular weight excluding hydrogens is 404 g/mol. The summed E-state index contributed by atoms with van der Waals surface area (Å²) in [5, 5.41) is 2.86. The van der Waals surface area contributed by atoms with Gasteiger partial charge in [-0.1, -0.05) is 17.7 Å². The molecule has 0 atom stereocenters. The minimum Gasteiger partial charge on any atom is -0.495 e. The monoisotopic (exact) mass is 426 g/mol. The third kappa shape index (κ3) is 5.15. The highest BCUT2D eigenvalue weighted by Gasteiger charge is 2.24. The third-order valence-electron chi connectivity index (χ3n) is 3.91. The summed E-state index contributed by atoms with van der Waals surface area (Å²) in [4.78, 5) is 12.3. The summed E-state index contributed by atoms with van der Waals surface area (Å²) in [5.41, 5.74) is 1.41. The van der Waals surface area contributed by atoms with E-state index in [9.17, 15) is 13.2 Å². The van der Waals surface area contributed by atoms with Gasteiger partial charge in [-0.05, 0) is 49.7 Å². The molecule has 0 unspecified atom stereocenters. The van der Waals surface area contributed by atoms with E-state index >= 15 is 0 Å². The van der Waals surface area contributed by atoms with Gasteiger partial charge in [0.15, 0.2) is 0 Å². The van der Waals surface area contributed by atoms with Crippen molar-refractivity contribution in [3.8, 4) is 11.5 Å². The lowest BCUT2D eigenvalue weighted by atomic mass is 10.2. The zero-order valence-corrected chi connectivity index (χ0v) is 17.7. The summed E-state index contributed by atoms with van der Waals surface area (Å²) >= 11 is 6.08. The number of hydrogen-bond acceptors (Lipinski definition) is 5. The molecule has 9 heteroatoms. The SMILES string of the molecule is CCOc1ccc(S(=O)(=O)N(C)CC(=O)Nc2cc(C)ccc2OC)cc1Cl. The summed E-state index contributed by atoms with van der Waals surface area (Å²) in [6, 6.07) is 9.51. The summed E-state index contributed by atoms with van der Waals surface area (Å²) < 4.78 is 37.0. The first-order valence-electron chi connectivity index (χ1n) is 8.52. The summed E-state index contributed by atoms with van der Waals surface area (Å²) in [5.74, 6) is 0.393. The number of amides is 1. The van der Waals surface area contributed by atoms with E-state index in [1.807, 2.05) is 13.0 Å². The van der Waals surface area contributed by atoms with Crippen molar-refractivity contribution < 1.29 is 22.7 Å². The Morgan fingerprint density at radius 2 is 1.86 bits per heavy atom. The largest absolute Gasteiger partial charge is 0.495 e. The Hall–Kier alpha value is -2.29. The normalized spacial score (nSPS) is 11.4. The van der Waals surface area contributed by atoms with Crippen LogP contribution in [0.15, 0.2) is 41.3 Å². The van der Waals surface area contributed by atoms with Gasteiger partial charge in [0.05, 0.1) is 35.9 Å². The van der Waals surface area contributed by atoms with Crippen molar-refractivity contribution in [2.24, 2.45) is 0 Å². The number of carbonyl (C=O) groups excluding carboxylic acids is 1. The molecule has 0 spiro atoms. The molecule has 152 valence electrons. The molecule has 0 heterocycles. The molecule has 7 nitrogen and oxygen atoms in total. The number of nitrogens with zero attached hydrogens (tertiary/aromatic N) is 1. The number of benzene rings is 2. The lowest BCUT2D eigenvalue weighted by Gasteiger charge is -2.18. The summed E-state index contributed by atoms with van der Waals surface area (Å²) in [6.45, 7) is 3.72. The van der Waals surface area contributed by atoms with Crippen molar-refractivity contribution in [2.75, 3.05) is 32.6 Å². The number of rotatable bonds is 8. The van der Waals surface area contributed by atoms with Crippen LogP contribution in [0.2, 0.25) is 5.02 Å². The van der Waals surface area contributed by atoms with E-state index in [-0.39, 0.29) is 16.5 Å². The Balaban J connectivity index is 2.15. The van der Waals surface area contributed by atoms with Gasteiger partial charge in [-0.25, -0.2) is 8.42 Å². The first kappa shape index (κ1) is 22.0. The Morgan fingerprint density at radius 3 is 2.46 bits per heavy atom. The predicted molar refractivity (Wildman–Crippen MR) is 109 cm³/mol. The number of ether oxygens (including phenoxy) is 2. The van der Waals surface area contributed by atoms with E-state index in [1.54, 1.807) is 19.1 Å². The maximum absolute atomic E-state index is 12.7. The second-order valence-corrected chi connectivity index (χ2v) is 8.49. The van der Waals surface area contributed by atoms with Gasteiger partial charge >= 0.3 is 0 Å². The molecule has 2 aromatic carbocycles. The van der Waals surface area contributed by atoms with Crippen LogP contribution in [0.5, 0.6) is 11.5 Å². The molecule has 0 radical (unpaired) electrons. The van der Waals surface area contributed by atoms with E-state index in [4.69, 9.17) is 21.1 Å². The molecule has 28 heavy (non-hydrogen) atoms. The van der Waals surface area contributed by atoms with Crippen LogP contribution in [-0.4, -0.2) is 45.9 Å². The lowest BCUT2D eigenvalue weighted by molar-refractivity contribution is -0.116. The number of nitrogens with one attached hydrogen (secondary N) is 1. The molecule has 0 aliphatic rings. The first-order chi connectivity index (χ1) is 13.2. The van der Waals surface area contributed by atoms with E-state index in [0.717, 1.165) is 9.87 Å². The minimum atomic E-state index is -3.90. The second kappa shape index (κ2) is 9.27. The number of likely N-dealkylation sites (N-methyl/N-ethyl adjacent to an activating group) is 1. The fourth-order valence-corrected chi connectivity index (χ4v) is 3.94. The van der Waals surface area contributed by atoms with Crippen LogP contribution in [0.25, 0.3) is 0 Å². The van der Waals surface area contributed by atoms with Crippen LogP contribution in [0.1, 0.15) is 12.5 Å². The lowest BCUT2D eigenvalue weighted by Crippen LogP contribution is -2.35. The Bertz CT molecular complexity index is 963. The van der Waals surface area contributed by atoms with Crippen molar-refractivity contribution in [1.82, 2.24) is 4.31 Å². The van der Waals surface area contributed by atoms with Crippen molar-refractivity contribution >= 4 is 33.2 Å². The molecule has 0 aliphatic carbocycles. The van der Waals surface area contributed by atoms with Crippen LogP contribution in [0.3, 0.4) is 0 Å². The smallest absolute Gasteiger partial charge is 0.243 e. The van der Waals surface area contributed by atoms with Crippen LogP contribution >= 0.6 is 11.6 Å². The Kier molecular flexibility index (Phi) is 7.29. The summed E-state index contributed by atoms with van der Waals surface area (Å²) in [6.07, 6.45) is 0. The quantitative estimate of drug-likeness (QED) is 0.699. The van der Waals surface area contributed by atoms with Gasteiger partial charge in [0.2, 0.25) is 15.9 Å². The number of methoxy groups -OCH3 is 1. The van der Waals surface area contributed by atoms with E-state index in [1.165, 1.54) is 32.4 Å². The zero-order valence-electron chi connectivity index (χ0n) is 16.2. The third-order valence-corrected chi connectivity index (χ3v) is 6.00. The van der Waals surface area contributed by atoms with Gasteiger partial charge in [-0.2, -0.15) is 4.31 Å². The highest BCUT2D eigenvalue weighted by molar-refractivity contribution is 7.89. The Labute approximate surface area is 170 Å². The van der Waals surface area contributed by atoms with Crippen molar-refractivity contribution in [2.45, 2.75) is 18.7 Å². The molecule has 0 fully saturated rings. The maximum Gasteiger partial charge on any atom is 0.243 e. The molecule has 2 rings (SSSR count). The highest BCUT2D eigenvalue weighted by atomic mass is 35.5. The van der Waals surface area contributed by atoms with Gasteiger partial charge in [-0.3, -0.25) is 4.79 Å². The summed E-state index contributed by atoms with van der Waals surface area (Å²) in [7, 11) is -1.08. The number of sulfonamides is 1. The fraction of sp³-hybridized carbons (Fsp3) is 0.316. The second-order valence-electron chi connectivity index (χ2n) is 6.04. The molecule has 0 saturated carbocycles. The standard InChI is InChI=1S/C19H23ClN2O5S/c1-5-27-17-9-7-14(11-15(17)20)28(24,25)22(3)12-19(23)21-16-10-13(2)6-8-18(16)26-4/h6-11H,5,12H2,1-4H3,(H,21,23). The van der Waals surface area contributed by atoms with Crippen LogP contribution in [0.4, 0.5) is 5.69 Å². The molecule has 1 amide bonds. The topological polar surface area (TPSA) is 84.9 Å². The van der Waals surface area contributed by atoms with Crippen LogP contribution in [0, 0.1) is 6.92 Å². The minimum absolute atomic E-state index is 0.0237. The molecule has 0 bridgehead atoms. The van der Waals surface area contributed by atoms with Crippen molar-refractivity contribution in [3.05, 3.63) is 47.0 Å². The number of hydrogen-bond donors (Lipinski definition) is 1. The van der Waals surface area contributed by atoms with Gasteiger partial charge in [0, 0.05) is 7.05 Å². The Morgan fingerprint density at radius 1 is 1.18 bits per heavy atom. The van der Waals surface area contributed by atoms with E-state index in [0.29, 0.717) is 23.8 Å². The average molecular weight is 427 g/mol. The number of halogens is 1. The first-order valence-corrected chi connectivity index (χ1v) is 10.3. The van der Waals surface area contributed by atoms with Gasteiger partial charge in [0.1, 0.15) is 11.5 Å². The van der Waals surface area contributed by atoms with Gasteiger partial charge in [-0.15, -0.1) is 0 Å². The number of aryl methyl sites for hydroxylation is 1.